The first kappa shape index (κ1) is 19.3. The van der Waals surface area contributed by atoms with Gasteiger partial charge < -0.3 is 23.9 Å². The highest BCUT2D eigenvalue weighted by Crippen LogP contribution is 2.18. The zero-order valence-electron chi connectivity index (χ0n) is 15.4. The lowest BCUT2D eigenvalue weighted by Gasteiger charge is -2.11. The SMILES string of the molecule is Cc1cc(C(=O)OCC(=O)NCC(=O)N(C)C)c(C)n1Cc1ccco1. The van der Waals surface area contributed by atoms with Crippen molar-refractivity contribution in [3.63, 3.8) is 0 Å². The molecule has 0 aliphatic heterocycles. The Morgan fingerprint density at radius 3 is 2.62 bits per heavy atom. The Labute approximate surface area is 151 Å². The number of nitrogens with one attached hydrogen (secondary N) is 1. The van der Waals surface area contributed by atoms with Gasteiger partial charge in [0.05, 0.1) is 24.9 Å². The number of hydrogen-bond donors (Lipinski definition) is 1. The van der Waals surface area contributed by atoms with E-state index in [2.05, 4.69) is 5.32 Å². The third kappa shape index (κ3) is 4.75. The van der Waals surface area contributed by atoms with Crippen LogP contribution in [0.25, 0.3) is 0 Å². The highest BCUT2D eigenvalue weighted by Gasteiger charge is 2.19. The molecule has 0 spiro atoms. The number of nitrogens with zero attached hydrogens (tertiary/aromatic N) is 2. The Bertz CT molecular complexity index is 790. The summed E-state index contributed by atoms with van der Waals surface area (Å²) in [6, 6.07) is 5.38. The van der Waals surface area contributed by atoms with Gasteiger partial charge in [-0.15, -0.1) is 0 Å². The summed E-state index contributed by atoms with van der Waals surface area (Å²) in [7, 11) is 3.18. The minimum absolute atomic E-state index is 0.138. The molecule has 0 bridgehead atoms. The first-order chi connectivity index (χ1) is 12.3. The van der Waals surface area contributed by atoms with Crippen molar-refractivity contribution in [2.75, 3.05) is 27.2 Å². The predicted molar refractivity (Wildman–Crippen MR) is 93.7 cm³/mol. The van der Waals surface area contributed by atoms with E-state index >= 15 is 0 Å². The van der Waals surface area contributed by atoms with Crippen LogP contribution in [0.1, 0.15) is 27.5 Å². The summed E-state index contributed by atoms with van der Waals surface area (Å²) < 4.78 is 12.3. The normalized spacial score (nSPS) is 10.5. The minimum Gasteiger partial charge on any atom is -0.467 e. The van der Waals surface area contributed by atoms with Gasteiger partial charge in [0.25, 0.3) is 5.91 Å². The van der Waals surface area contributed by atoms with E-state index in [1.807, 2.05) is 24.5 Å². The maximum Gasteiger partial charge on any atom is 0.340 e. The van der Waals surface area contributed by atoms with Gasteiger partial charge in [-0.2, -0.15) is 0 Å². The summed E-state index contributed by atoms with van der Waals surface area (Å²) in [6.45, 7) is 3.61. The molecule has 0 aromatic carbocycles. The molecule has 8 nitrogen and oxygen atoms in total. The number of aromatic nitrogens is 1. The minimum atomic E-state index is -0.585. The van der Waals surface area contributed by atoms with E-state index in [1.165, 1.54) is 4.90 Å². The first-order valence-corrected chi connectivity index (χ1v) is 8.12. The Balaban J connectivity index is 1.93. The van der Waals surface area contributed by atoms with Crippen LogP contribution in [0, 0.1) is 13.8 Å². The van der Waals surface area contributed by atoms with Gasteiger partial charge in [0, 0.05) is 25.5 Å². The van der Waals surface area contributed by atoms with Crippen LogP contribution in [0.2, 0.25) is 0 Å². The average Bonchev–Trinajstić information content (AvgIpc) is 3.21. The smallest absolute Gasteiger partial charge is 0.340 e. The number of carbonyl (C=O) groups excluding carboxylic acids is 3. The highest BCUT2D eigenvalue weighted by molar-refractivity contribution is 5.93. The van der Waals surface area contributed by atoms with Crippen molar-refractivity contribution in [3.8, 4) is 0 Å². The second kappa shape index (κ2) is 8.37. The third-order valence-corrected chi connectivity index (χ3v) is 3.96. The van der Waals surface area contributed by atoms with Gasteiger partial charge in [-0.3, -0.25) is 9.59 Å². The van der Waals surface area contributed by atoms with Gasteiger partial charge in [0.1, 0.15) is 5.76 Å². The van der Waals surface area contributed by atoms with E-state index < -0.39 is 18.5 Å². The fourth-order valence-corrected chi connectivity index (χ4v) is 2.40. The molecule has 0 fully saturated rings. The molecule has 0 saturated heterocycles. The van der Waals surface area contributed by atoms with Crippen LogP contribution in [0.15, 0.2) is 28.9 Å². The number of esters is 1. The molecule has 2 heterocycles. The molecule has 140 valence electrons. The Hall–Kier alpha value is -3.03. The molecule has 2 aromatic rings. The lowest BCUT2D eigenvalue weighted by Crippen LogP contribution is -2.38. The molecular weight excluding hydrogens is 338 g/mol. The van der Waals surface area contributed by atoms with Gasteiger partial charge in [-0.25, -0.2) is 4.79 Å². The van der Waals surface area contributed by atoms with Gasteiger partial charge in [-0.05, 0) is 32.0 Å². The van der Waals surface area contributed by atoms with Crippen LogP contribution in [0.5, 0.6) is 0 Å². The lowest BCUT2D eigenvalue weighted by atomic mass is 10.2. The topological polar surface area (TPSA) is 93.8 Å². The molecule has 0 aliphatic rings. The number of likely N-dealkylation sites (N-methyl/N-ethyl adjacent to an activating group) is 1. The van der Waals surface area contributed by atoms with E-state index in [4.69, 9.17) is 9.15 Å². The number of hydrogen-bond acceptors (Lipinski definition) is 5. The molecule has 26 heavy (non-hydrogen) atoms. The number of ether oxygens (including phenoxy) is 1. The molecule has 2 rings (SSSR count). The van der Waals surface area contributed by atoms with Crippen molar-refractivity contribution in [1.29, 1.82) is 0 Å². The van der Waals surface area contributed by atoms with Crippen molar-refractivity contribution in [1.82, 2.24) is 14.8 Å². The number of carbonyl (C=O) groups is 3. The average molecular weight is 361 g/mol. The summed E-state index contributed by atoms with van der Waals surface area (Å²) in [5, 5.41) is 2.41. The maximum atomic E-state index is 12.3. The quantitative estimate of drug-likeness (QED) is 0.746. The van der Waals surface area contributed by atoms with Crippen LogP contribution >= 0.6 is 0 Å². The molecule has 2 aromatic heterocycles. The maximum absolute atomic E-state index is 12.3. The van der Waals surface area contributed by atoms with E-state index in [9.17, 15) is 14.4 Å². The van der Waals surface area contributed by atoms with Crippen LogP contribution in [-0.4, -0.2) is 54.5 Å². The monoisotopic (exact) mass is 361 g/mol. The Morgan fingerprint density at radius 1 is 1.27 bits per heavy atom. The van der Waals surface area contributed by atoms with Crippen molar-refractivity contribution in [2.24, 2.45) is 0 Å². The molecular formula is C18H23N3O5. The van der Waals surface area contributed by atoms with Crippen molar-refractivity contribution in [2.45, 2.75) is 20.4 Å². The van der Waals surface area contributed by atoms with Crippen molar-refractivity contribution < 1.29 is 23.5 Å². The van der Waals surface area contributed by atoms with Gasteiger partial charge in [-0.1, -0.05) is 0 Å². The third-order valence-electron chi connectivity index (χ3n) is 3.96. The Morgan fingerprint density at radius 2 is 2.00 bits per heavy atom. The summed E-state index contributed by atoms with van der Waals surface area (Å²) in [5.41, 5.74) is 2.00. The van der Waals surface area contributed by atoms with Gasteiger partial charge >= 0.3 is 5.97 Å². The van der Waals surface area contributed by atoms with Crippen LogP contribution in [0.3, 0.4) is 0 Å². The highest BCUT2D eigenvalue weighted by atomic mass is 16.5. The second-order valence-electron chi connectivity index (χ2n) is 6.09. The predicted octanol–water partition coefficient (Wildman–Crippen LogP) is 1.11. The summed E-state index contributed by atoms with van der Waals surface area (Å²) >= 11 is 0. The Kier molecular flexibility index (Phi) is 6.21. The summed E-state index contributed by atoms with van der Waals surface area (Å²) in [5.74, 6) is -0.585. The zero-order valence-corrected chi connectivity index (χ0v) is 15.4. The van der Waals surface area contributed by atoms with Gasteiger partial charge in [0.2, 0.25) is 5.91 Å². The van der Waals surface area contributed by atoms with E-state index in [-0.39, 0.29) is 12.5 Å². The summed E-state index contributed by atoms with van der Waals surface area (Å²) in [4.78, 5) is 36.7. The zero-order chi connectivity index (χ0) is 19.3. The molecule has 8 heteroatoms. The molecule has 0 unspecified atom stereocenters. The van der Waals surface area contributed by atoms with E-state index in [1.54, 1.807) is 32.5 Å². The number of rotatable bonds is 7. The first-order valence-electron chi connectivity index (χ1n) is 8.12. The number of aryl methyl sites for hydroxylation is 1. The van der Waals surface area contributed by atoms with E-state index in [0.717, 1.165) is 17.1 Å². The van der Waals surface area contributed by atoms with Crippen LogP contribution < -0.4 is 5.32 Å². The number of amides is 2. The van der Waals surface area contributed by atoms with Crippen LogP contribution in [0.4, 0.5) is 0 Å². The molecule has 0 radical (unpaired) electrons. The lowest BCUT2D eigenvalue weighted by molar-refractivity contribution is -0.131. The van der Waals surface area contributed by atoms with E-state index in [0.29, 0.717) is 12.1 Å². The van der Waals surface area contributed by atoms with Crippen LogP contribution in [-0.2, 0) is 20.9 Å². The standard InChI is InChI=1S/C18H23N3O5/c1-12-8-15(13(2)21(12)10-14-6-5-7-25-14)18(24)26-11-16(22)19-9-17(23)20(3)4/h5-8H,9-11H2,1-4H3,(H,19,22). The molecule has 0 atom stereocenters. The largest absolute Gasteiger partial charge is 0.467 e. The second-order valence-corrected chi connectivity index (χ2v) is 6.09. The summed E-state index contributed by atoms with van der Waals surface area (Å²) in [6.07, 6.45) is 1.60. The fraction of sp³-hybridized carbons (Fsp3) is 0.389. The molecule has 1 N–H and O–H groups in total. The van der Waals surface area contributed by atoms with Crippen molar-refractivity contribution in [3.05, 3.63) is 47.2 Å². The number of furan rings is 1. The molecule has 0 saturated carbocycles. The molecule has 0 aliphatic carbocycles. The van der Waals surface area contributed by atoms with Gasteiger partial charge in [0.15, 0.2) is 6.61 Å². The fourth-order valence-electron chi connectivity index (χ4n) is 2.40. The molecule has 2 amide bonds. The van der Waals surface area contributed by atoms with Crippen molar-refractivity contribution >= 4 is 17.8 Å².